The normalized spacial score (nSPS) is 17.8. The van der Waals surface area contributed by atoms with E-state index in [4.69, 9.17) is 19.7 Å². The van der Waals surface area contributed by atoms with E-state index in [2.05, 4.69) is 89.2 Å². The van der Waals surface area contributed by atoms with Gasteiger partial charge in [0.1, 0.15) is 11.3 Å². The van der Waals surface area contributed by atoms with Crippen LogP contribution in [0.25, 0.3) is 49.8 Å². The van der Waals surface area contributed by atoms with Crippen molar-refractivity contribution in [1.29, 1.82) is 0 Å². The maximum atomic E-state index is 6.31. The van der Waals surface area contributed by atoms with Crippen molar-refractivity contribution in [3.8, 4) is 22.6 Å². The molecular weight excluding hydrogens is 767 g/mol. The fourth-order valence-corrected chi connectivity index (χ4v) is 8.03. The van der Waals surface area contributed by atoms with Crippen molar-refractivity contribution in [2.45, 2.75) is 116 Å². The number of fused-ring (bicyclic) bond motifs is 6. The summed E-state index contributed by atoms with van der Waals surface area (Å²) in [6, 6.07) is 27.7. The molecule has 0 aliphatic heterocycles. The molecule has 0 spiro atoms. The van der Waals surface area contributed by atoms with Gasteiger partial charge in [0, 0.05) is 31.1 Å². The van der Waals surface area contributed by atoms with Crippen LogP contribution >= 0.6 is 0 Å². The zero-order valence-electron chi connectivity index (χ0n) is 29.2. The Kier molecular flexibility index (Phi) is 10.6. The third kappa shape index (κ3) is 6.92. The van der Waals surface area contributed by atoms with Crippen LogP contribution in [0.2, 0.25) is 0 Å². The Balaban J connectivity index is 0.000000183. The van der Waals surface area contributed by atoms with Gasteiger partial charge in [-0.05, 0) is 59.6 Å². The first-order chi connectivity index (χ1) is 22.8. The summed E-state index contributed by atoms with van der Waals surface area (Å²) in [5.41, 5.74) is 8.71. The molecule has 0 N–H and O–H groups in total. The van der Waals surface area contributed by atoms with E-state index in [0.717, 1.165) is 39.5 Å². The number of amidine groups is 1. The van der Waals surface area contributed by atoms with Gasteiger partial charge in [0.15, 0.2) is 0 Å². The average molecular weight is 816 g/mol. The summed E-state index contributed by atoms with van der Waals surface area (Å²) in [6.45, 7) is 11.2. The predicted octanol–water partition coefficient (Wildman–Crippen LogP) is 12.1. The Morgan fingerprint density at radius 2 is 1.62 bits per heavy atom. The first-order valence-electron chi connectivity index (χ1n) is 18.0. The molecule has 4 nitrogen and oxygen atoms in total. The molecule has 0 atom stereocenters. The number of benzene rings is 3. The molecule has 3 aromatic carbocycles. The largest absolute Gasteiger partial charge is 0.466 e. The minimum absolute atomic E-state index is 0. The minimum atomic E-state index is -0.186. The Bertz CT molecular complexity index is 1910. The number of aliphatic imine (C=N–C) groups is 1. The fraction of sp³-hybridized carbons (Fsp3) is 0.442. The number of aryl methyl sites for hydroxylation is 1. The van der Waals surface area contributed by atoms with Gasteiger partial charge >= 0.3 is 0 Å². The summed E-state index contributed by atoms with van der Waals surface area (Å²) in [6.07, 6.45) is 13.4. The summed E-state index contributed by atoms with van der Waals surface area (Å²) < 4.78 is 6.31. The van der Waals surface area contributed by atoms with Crippen LogP contribution < -0.4 is 0 Å². The third-order valence-corrected chi connectivity index (χ3v) is 10.5. The van der Waals surface area contributed by atoms with Gasteiger partial charge in [-0.1, -0.05) is 145 Å². The van der Waals surface area contributed by atoms with Gasteiger partial charge in [0.2, 0.25) is 0 Å². The number of pyridine rings is 1. The molecule has 3 aliphatic rings. The van der Waals surface area contributed by atoms with Crippen molar-refractivity contribution in [2.75, 3.05) is 0 Å². The van der Waals surface area contributed by atoms with Crippen molar-refractivity contribution in [1.82, 2.24) is 4.98 Å². The maximum Gasteiger partial charge on any atom is 0.135 e. The Morgan fingerprint density at radius 1 is 0.896 bits per heavy atom. The monoisotopic (exact) mass is 816 g/mol. The van der Waals surface area contributed by atoms with E-state index < -0.39 is 0 Å². The maximum absolute atomic E-state index is 6.31. The molecule has 5 aromatic rings. The van der Waals surface area contributed by atoms with E-state index in [1.807, 2.05) is 18.2 Å². The van der Waals surface area contributed by atoms with Gasteiger partial charge in [-0.2, -0.15) is 0 Å². The number of aromatic nitrogens is 1. The quantitative estimate of drug-likeness (QED) is 0.103. The topological polar surface area (TPSA) is 52.5 Å². The van der Waals surface area contributed by atoms with Crippen LogP contribution in [-0.4, -0.2) is 22.9 Å². The summed E-state index contributed by atoms with van der Waals surface area (Å²) in [4.78, 5) is 9.96. The van der Waals surface area contributed by atoms with Gasteiger partial charge < -0.3 is 14.7 Å². The second-order valence-corrected chi connectivity index (χ2v) is 14.8. The molecule has 1 radical (unpaired) electrons. The molecule has 2 saturated carbocycles. The summed E-state index contributed by atoms with van der Waals surface area (Å²) in [5, 5.41) is 7.34. The zero-order valence-corrected chi connectivity index (χ0v) is 31.6. The predicted molar refractivity (Wildman–Crippen MR) is 197 cm³/mol. The molecule has 3 aliphatic carbocycles. The van der Waals surface area contributed by atoms with Crippen molar-refractivity contribution in [3.05, 3.63) is 94.8 Å². The number of furan rings is 1. The first kappa shape index (κ1) is 34.6. The van der Waals surface area contributed by atoms with Crippen molar-refractivity contribution in [2.24, 2.45) is 10.9 Å². The van der Waals surface area contributed by atoms with Crippen molar-refractivity contribution < 1.29 is 24.5 Å². The standard InChI is InChI=1S/C27H20NO.C16H29N2.Ir/c1-16-11-13-21-17(15-16)12-14-22(28-21)18-8-6-9-20-24(18)27(2,3)25-19-7-4-5-10-23(19)29-26(20)25;1-13(2)16(17-14-9-5-3-6-10-14)18-15-11-7-4-8-12-15;/h4-7,9-15H,1-3H3;13-15H,3-12H2,1-2H3;/q2*-1;. The SMILES string of the molecule is CC(C)C(=NC1CCCCC1)[N-]C1CCCCC1.Cc1ccc2nc(-c3[c-]ccc4c3C(C)(C)c3c-4oc4ccccc34)ccc2c1.[Ir]. The number of hydrogen-bond donors (Lipinski definition) is 0. The Labute approximate surface area is 300 Å². The second kappa shape index (κ2) is 14.7. The minimum Gasteiger partial charge on any atom is -0.466 e. The summed E-state index contributed by atoms with van der Waals surface area (Å²) in [5.74, 6) is 2.64. The van der Waals surface area contributed by atoms with E-state index in [1.54, 1.807) is 0 Å². The number of hydrogen-bond acceptors (Lipinski definition) is 3. The molecule has 5 heteroatoms. The van der Waals surface area contributed by atoms with Crippen LogP contribution in [0.15, 0.2) is 76.1 Å². The second-order valence-electron chi connectivity index (χ2n) is 14.8. The van der Waals surface area contributed by atoms with Crippen LogP contribution in [-0.2, 0) is 25.5 Å². The molecule has 48 heavy (non-hydrogen) atoms. The molecule has 0 saturated heterocycles. The van der Waals surface area contributed by atoms with Crippen LogP contribution in [0.1, 0.15) is 109 Å². The average Bonchev–Trinajstić information content (AvgIpc) is 3.59. The van der Waals surface area contributed by atoms with Crippen molar-refractivity contribution >= 4 is 27.7 Å². The van der Waals surface area contributed by atoms with Crippen LogP contribution in [0.3, 0.4) is 0 Å². The smallest absolute Gasteiger partial charge is 0.135 e. The van der Waals surface area contributed by atoms with E-state index in [9.17, 15) is 0 Å². The molecule has 2 fully saturated rings. The number of nitrogens with zero attached hydrogens (tertiary/aromatic N) is 3. The van der Waals surface area contributed by atoms with Crippen LogP contribution in [0, 0.1) is 18.9 Å². The molecule has 253 valence electrons. The van der Waals surface area contributed by atoms with Gasteiger partial charge in [0.25, 0.3) is 0 Å². The van der Waals surface area contributed by atoms with Gasteiger partial charge in [-0.15, -0.1) is 29.3 Å². The molecular formula is C43H49IrN3O-2. The Hall–Kier alpha value is -3.27. The summed E-state index contributed by atoms with van der Waals surface area (Å²) >= 11 is 0. The van der Waals surface area contributed by atoms with Gasteiger partial charge in [-0.3, -0.25) is 4.98 Å². The van der Waals surface area contributed by atoms with Crippen molar-refractivity contribution in [3.63, 3.8) is 0 Å². The van der Waals surface area contributed by atoms with Crippen LogP contribution in [0.5, 0.6) is 0 Å². The molecule has 0 unspecified atom stereocenters. The number of para-hydroxylation sites is 1. The molecule has 2 heterocycles. The van der Waals surface area contributed by atoms with E-state index in [0.29, 0.717) is 18.0 Å². The first-order valence-corrected chi connectivity index (χ1v) is 18.0. The van der Waals surface area contributed by atoms with Gasteiger partial charge in [-0.25, -0.2) is 0 Å². The Morgan fingerprint density at radius 3 is 2.38 bits per heavy atom. The van der Waals surface area contributed by atoms with Gasteiger partial charge in [0.05, 0.1) is 5.52 Å². The van der Waals surface area contributed by atoms with E-state index in [-0.39, 0.29) is 25.5 Å². The summed E-state index contributed by atoms with van der Waals surface area (Å²) in [7, 11) is 0. The molecule has 8 rings (SSSR count). The fourth-order valence-electron chi connectivity index (χ4n) is 8.03. The third-order valence-electron chi connectivity index (χ3n) is 10.5. The van der Waals surface area contributed by atoms with Crippen LogP contribution in [0.4, 0.5) is 0 Å². The molecule has 0 amide bonds. The van der Waals surface area contributed by atoms with E-state index >= 15 is 0 Å². The van der Waals surface area contributed by atoms with E-state index in [1.165, 1.54) is 91.7 Å². The number of rotatable bonds is 4. The zero-order chi connectivity index (χ0) is 32.5. The molecule has 2 aromatic heterocycles. The molecule has 0 bridgehead atoms.